The van der Waals surface area contributed by atoms with E-state index in [1.165, 1.54) is 0 Å². The second kappa shape index (κ2) is 5.55. The van der Waals surface area contributed by atoms with Gasteiger partial charge in [-0.1, -0.05) is 23.2 Å². The lowest BCUT2D eigenvalue weighted by Crippen LogP contribution is -1.99. The first kappa shape index (κ1) is 13.8. The molecule has 2 rings (SSSR count). The maximum absolute atomic E-state index is 6.06. The molecular formula is C13H13Cl2N3O. The summed E-state index contributed by atoms with van der Waals surface area (Å²) in [7, 11) is 1.63. The van der Waals surface area contributed by atoms with Gasteiger partial charge in [0.2, 0.25) is 0 Å². The molecule has 0 radical (unpaired) electrons. The number of ether oxygens (including phenoxy) is 1. The van der Waals surface area contributed by atoms with Gasteiger partial charge in [0, 0.05) is 5.69 Å². The van der Waals surface area contributed by atoms with Crippen molar-refractivity contribution >= 4 is 40.5 Å². The third-order valence-corrected chi connectivity index (χ3v) is 3.21. The summed E-state index contributed by atoms with van der Waals surface area (Å²) in [5.41, 5.74) is 7.50. The lowest BCUT2D eigenvalue weighted by molar-refractivity contribution is 0.412. The van der Waals surface area contributed by atoms with Crippen LogP contribution in [0.5, 0.6) is 5.75 Å². The zero-order valence-electron chi connectivity index (χ0n) is 10.5. The summed E-state index contributed by atoms with van der Waals surface area (Å²) in [6, 6.07) is 7.23. The molecule has 0 aliphatic rings. The number of nitrogens with zero attached hydrogens (tertiary/aromatic N) is 1. The van der Waals surface area contributed by atoms with Gasteiger partial charge in [-0.3, -0.25) is 0 Å². The van der Waals surface area contributed by atoms with Crippen molar-refractivity contribution in [3.63, 3.8) is 0 Å². The van der Waals surface area contributed by atoms with E-state index in [0.29, 0.717) is 15.9 Å². The topological polar surface area (TPSA) is 60.2 Å². The number of nitrogen functional groups attached to an aromatic ring is 1. The zero-order chi connectivity index (χ0) is 14.0. The highest BCUT2D eigenvalue weighted by Gasteiger charge is 2.08. The number of anilines is 3. The van der Waals surface area contributed by atoms with Crippen LogP contribution in [0, 0.1) is 6.92 Å². The molecule has 3 N–H and O–H groups in total. The minimum Gasteiger partial charge on any atom is -0.496 e. The Labute approximate surface area is 121 Å². The first-order valence-electron chi connectivity index (χ1n) is 5.54. The lowest BCUT2D eigenvalue weighted by atomic mass is 10.2. The molecule has 0 bridgehead atoms. The molecule has 0 unspecified atom stereocenters. The van der Waals surface area contributed by atoms with Crippen molar-refractivity contribution in [1.29, 1.82) is 0 Å². The normalized spacial score (nSPS) is 10.3. The molecule has 4 nitrogen and oxygen atoms in total. The SMILES string of the molecule is COc1ccc(Nc2nc(N)c(Cl)cc2Cl)cc1C. The monoisotopic (exact) mass is 297 g/mol. The van der Waals surface area contributed by atoms with E-state index in [9.17, 15) is 0 Å². The van der Waals surface area contributed by atoms with Crippen LogP contribution in [0.2, 0.25) is 10.0 Å². The van der Waals surface area contributed by atoms with Gasteiger partial charge < -0.3 is 15.8 Å². The van der Waals surface area contributed by atoms with E-state index in [2.05, 4.69) is 10.3 Å². The number of hydrogen-bond donors (Lipinski definition) is 2. The van der Waals surface area contributed by atoms with Crippen molar-refractivity contribution in [2.45, 2.75) is 6.92 Å². The van der Waals surface area contributed by atoms with Crippen molar-refractivity contribution in [2.75, 3.05) is 18.2 Å². The van der Waals surface area contributed by atoms with Crippen LogP contribution in [0.25, 0.3) is 0 Å². The molecule has 0 aliphatic heterocycles. The highest BCUT2D eigenvalue weighted by molar-refractivity contribution is 6.37. The van der Waals surface area contributed by atoms with Crippen molar-refractivity contribution < 1.29 is 4.74 Å². The van der Waals surface area contributed by atoms with Crippen LogP contribution >= 0.6 is 23.2 Å². The van der Waals surface area contributed by atoms with Gasteiger partial charge in [0.15, 0.2) is 5.82 Å². The van der Waals surface area contributed by atoms with Crippen LogP contribution < -0.4 is 15.8 Å². The number of rotatable bonds is 3. The minimum atomic E-state index is 0.235. The quantitative estimate of drug-likeness (QED) is 0.898. The van der Waals surface area contributed by atoms with Gasteiger partial charge in [-0.15, -0.1) is 0 Å². The fourth-order valence-electron chi connectivity index (χ4n) is 1.66. The molecule has 0 spiro atoms. The Morgan fingerprint density at radius 2 is 1.95 bits per heavy atom. The average Bonchev–Trinajstić information content (AvgIpc) is 2.36. The Kier molecular flexibility index (Phi) is 4.02. The molecular weight excluding hydrogens is 285 g/mol. The maximum Gasteiger partial charge on any atom is 0.151 e. The van der Waals surface area contributed by atoms with Gasteiger partial charge in [-0.2, -0.15) is 0 Å². The smallest absolute Gasteiger partial charge is 0.151 e. The summed E-state index contributed by atoms with van der Waals surface area (Å²) in [4.78, 5) is 4.11. The number of methoxy groups -OCH3 is 1. The lowest BCUT2D eigenvalue weighted by Gasteiger charge is -2.11. The molecule has 0 atom stereocenters. The van der Waals surface area contributed by atoms with E-state index in [1.54, 1.807) is 13.2 Å². The van der Waals surface area contributed by atoms with Crippen molar-refractivity contribution in [1.82, 2.24) is 4.98 Å². The molecule has 100 valence electrons. The first-order chi connectivity index (χ1) is 9.01. The molecule has 1 aromatic carbocycles. The van der Waals surface area contributed by atoms with Gasteiger partial charge in [0.25, 0.3) is 0 Å². The van der Waals surface area contributed by atoms with Crippen LogP contribution in [-0.2, 0) is 0 Å². The number of aromatic nitrogens is 1. The second-order valence-corrected chi connectivity index (χ2v) is 4.81. The molecule has 0 amide bonds. The van der Waals surface area contributed by atoms with Gasteiger partial charge >= 0.3 is 0 Å². The predicted molar refractivity (Wildman–Crippen MR) is 79.7 cm³/mol. The number of aryl methyl sites for hydroxylation is 1. The molecule has 1 aromatic heterocycles. The van der Waals surface area contributed by atoms with Crippen LogP contribution in [0.4, 0.5) is 17.3 Å². The van der Waals surface area contributed by atoms with Crippen LogP contribution in [0.1, 0.15) is 5.56 Å². The second-order valence-electron chi connectivity index (χ2n) is 4.00. The van der Waals surface area contributed by atoms with Crippen molar-refractivity contribution in [2.24, 2.45) is 0 Å². The van der Waals surface area contributed by atoms with E-state index < -0.39 is 0 Å². The fraction of sp³-hybridized carbons (Fsp3) is 0.154. The van der Waals surface area contributed by atoms with Gasteiger partial charge in [0.1, 0.15) is 11.6 Å². The van der Waals surface area contributed by atoms with E-state index >= 15 is 0 Å². The van der Waals surface area contributed by atoms with Crippen LogP contribution in [-0.4, -0.2) is 12.1 Å². The molecule has 1 heterocycles. The Hall–Kier alpha value is -1.65. The molecule has 0 fully saturated rings. The van der Waals surface area contributed by atoms with Crippen molar-refractivity contribution in [3.8, 4) is 5.75 Å². The molecule has 0 saturated carbocycles. The number of benzene rings is 1. The number of nitrogens with two attached hydrogens (primary N) is 1. The summed E-state index contributed by atoms with van der Waals surface area (Å²) in [5.74, 6) is 1.52. The van der Waals surface area contributed by atoms with Gasteiger partial charge in [0.05, 0.1) is 17.2 Å². The molecule has 6 heteroatoms. The van der Waals surface area contributed by atoms with Crippen LogP contribution in [0.3, 0.4) is 0 Å². The summed E-state index contributed by atoms with van der Waals surface area (Å²) in [6.07, 6.45) is 0. The Morgan fingerprint density at radius 1 is 1.21 bits per heavy atom. The number of hydrogen-bond acceptors (Lipinski definition) is 4. The van der Waals surface area contributed by atoms with E-state index in [-0.39, 0.29) is 5.82 Å². The number of halogens is 2. The van der Waals surface area contributed by atoms with Gasteiger partial charge in [-0.05, 0) is 36.8 Å². The number of nitrogens with one attached hydrogen (secondary N) is 1. The largest absolute Gasteiger partial charge is 0.496 e. The summed E-state index contributed by atoms with van der Waals surface area (Å²) in [6.45, 7) is 1.95. The van der Waals surface area contributed by atoms with Crippen LogP contribution in [0.15, 0.2) is 24.3 Å². The first-order valence-corrected chi connectivity index (χ1v) is 6.30. The zero-order valence-corrected chi connectivity index (χ0v) is 12.0. The molecule has 0 aliphatic carbocycles. The third-order valence-electron chi connectivity index (χ3n) is 2.61. The summed E-state index contributed by atoms with van der Waals surface area (Å²) < 4.78 is 5.20. The van der Waals surface area contributed by atoms with E-state index in [1.807, 2.05) is 25.1 Å². The maximum atomic E-state index is 6.06. The van der Waals surface area contributed by atoms with E-state index in [4.69, 9.17) is 33.7 Å². The highest BCUT2D eigenvalue weighted by Crippen LogP contribution is 2.30. The third kappa shape index (κ3) is 3.03. The molecule has 0 saturated heterocycles. The standard InChI is InChI=1S/C13H13Cl2N3O/c1-7-5-8(3-4-11(7)19-2)17-13-10(15)6-9(14)12(16)18-13/h3-6H,1-2H3,(H3,16,17,18). The molecule has 19 heavy (non-hydrogen) atoms. The van der Waals surface area contributed by atoms with Crippen molar-refractivity contribution in [3.05, 3.63) is 39.9 Å². The summed E-state index contributed by atoms with van der Waals surface area (Å²) in [5, 5.41) is 3.84. The summed E-state index contributed by atoms with van der Waals surface area (Å²) >= 11 is 11.9. The molecule has 2 aromatic rings. The van der Waals surface area contributed by atoms with E-state index in [0.717, 1.165) is 17.0 Å². The number of pyridine rings is 1. The highest BCUT2D eigenvalue weighted by atomic mass is 35.5. The predicted octanol–water partition coefficient (Wildman–Crippen LogP) is 4.03. The van der Waals surface area contributed by atoms with Gasteiger partial charge in [-0.25, -0.2) is 4.98 Å². The average molecular weight is 298 g/mol. The Balaban J connectivity index is 2.31. The fourth-order valence-corrected chi connectivity index (χ4v) is 2.07. The minimum absolute atomic E-state index is 0.235. The Bertz CT molecular complexity index is 617. The Morgan fingerprint density at radius 3 is 2.58 bits per heavy atom.